The Labute approximate surface area is 136 Å². The van der Waals surface area contributed by atoms with E-state index in [0.29, 0.717) is 18.9 Å². The molecule has 0 saturated heterocycles. The third-order valence-electron chi connectivity index (χ3n) is 3.73. The number of thiophene rings is 1. The summed E-state index contributed by atoms with van der Waals surface area (Å²) in [4.78, 5) is 13.1. The van der Waals surface area contributed by atoms with Gasteiger partial charge in [0.2, 0.25) is 5.91 Å². The molecule has 1 unspecified atom stereocenters. The van der Waals surface area contributed by atoms with Gasteiger partial charge in [-0.25, -0.2) is 0 Å². The first-order valence-electron chi connectivity index (χ1n) is 7.70. The molecule has 1 amide bonds. The third kappa shape index (κ3) is 4.97. The Balaban J connectivity index is 1.76. The maximum absolute atomic E-state index is 11.9. The highest BCUT2D eigenvalue weighted by atomic mass is 32.1. The van der Waals surface area contributed by atoms with E-state index in [0.717, 1.165) is 12.0 Å². The number of benzene rings is 1. The minimum Gasteiger partial charge on any atom is -0.354 e. The molecule has 0 aliphatic rings. The highest BCUT2D eigenvalue weighted by Crippen LogP contribution is 2.17. The number of nitrogens with one attached hydrogen (secondary N) is 1. The second-order valence-electron chi connectivity index (χ2n) is 5.81. The Morgan fingerprint density at radius 1 is 1.18 bits per heavy atom. The molecule has 2 aromatic rings. The zero-order valence-corrected chi connectivity index (χ0v) is 14.0. The smallest absolute Gasteiger partial charge is 0.220 e. The lowest BCUT2D eigenvalue weighted by molar-refractivity contribution is -0.121. The molecule has 0 aliphatic carbocycles. The molecular weight excluding hydrogens is 292 g/mol. The molecule has 118 valence electrons. The summed E-state index contributed by atoms with van der Waals surface area (Å²) >= 11 is 1.69. The van der Waals surface area contributed by atoms with Crippen LogP contribution in [-0.2, 0) is 11.2 Å². The average molecular weight is 316 g/mol. The summed E-state index contributed by atoms with van der Waals surface area (Å²) in [5, 5.41) is 4.95. The average Bonchev–Trinajstić information content (AvgIpc) is 3.04. The second-order valence-corrected chi connectivity index (χ2v) is 6.84. The van der Waals surface area contributed by atoms with Crippen molar-refractivity contribution in [3.63, 3.8) is 0 Å². The first kappa shape index (κ1) is 16.7. The number of carbonyl (C=O) groups excluding carboxylic acids is 1. The summed E-state index contributed by atoms with van der Waals surface area (Å²) in [5.74, 6) is 0.574. The lowest BCUT2D eigenvalue weighted by atomic mass is 9.99. The van der Waals surface area contributed by atoms with Crippen molar-refractivity contribution < 1.29 is 4.79 Å². The van der Waals surface area contributed by atoms with Gasteiger partial charge in [-0.3, -0.25) is 4.79 Å². The van der Waals surface area contributed by atoms with Gasteiger partial charge < -0.3 is 11.1 Å². The van der Waals surface area contributed by atoms with Gasteiger partial charge in [-0.2, -0.15) is 0 Å². The number of amides is 1. The highest BCUT2D eigenvalue weighted by Gasteiger charge is 2.09. The summed E-state index contributed by atoms with van der Waals surface area (Å²) in [6.07, 6.45) is 1.31. The van der Waals surface area contributed by atoms with Crippen LogP contribution in [0.25, 0.3) is 0 Å². The first-order valence-corrected chi connectivity index (χ1v) is 8.58. The fourth-order valence-corrected chi connectivity index (χ4v) is 2.96. The van der Waals surface area contributed by atoms with Crippen molar-refractivity contribution >= 4 is 17.2 Å². The molecule has 0 fully saturated rings. The fraction of sp³-hybridized carbons (Fsp3) is 0.389. The Bertz CT molecular complexity index is 576. The van der Waals surface area contributed by atoms with Crippen molar-refractivity contribution in [1.29, 1.82) is 0 Å². The maximum atomic E-state index is 11.9. The molecule has 0 bridgehead atoms. The van der Waals surface area contributed by atoms with Crippen LogP contribution in [0.4, 0.5) is 0 Å². The zero-order chi connectivity index (χ0) is 15.9. The van der Waals surface area contributed by atoms with Gasteiger partial charge in [0, 0.05) is 23.9 Å². The van der Waals surface area contributed by atoms with Gasteiger partial charge in [0.25, 0.3) is 0 Å². The predicted octanol–water partition coefficient (Wildman–Crippen LogP) is 3.62. The number of hydrogen-bond donors (Lipinski definition) is 2. The molecular formula is C18H24N2OS. The molecule has 1 atom stereocenters. The molecule has 0 saturated carbocycles. The minimum absolute atomic E-state index is 0.0580. The maximum Gasteiger partial charge on any atom is 0.220 e. The second kappa shape index (κ2) is 8.11. The molecule has 22 heavy (non-hydrogen) atoms. The number of hydrogen-bond acceptors (Lipinski definition) is 3. The van der Waals surface area contributed by atoms with Gasteiger partial charge in [-0.05, 0) is 34.9 Å². The number of carbonyl (C=O) groups is 1. The number of aryl methyl sites for hydroxylation is 1. The summed E-state index contributed by atoms with van der Waals surface area (Å²) in [5.41, 5.74) is 8.51. The van der Waals surface area contributed by atoms with Crippen molar-refractivity contribution in [3.05, 3.63) is 57.8 Å². The Morgan fingerprint density at radius 2 is 1.86 bits per heavy atom. The molecule has 0 spiro atoms. The summed E-state index contributed by atoms with van der Waals surface area (Å²) in [6, 6.07) is 12.2. The van der Waals surface area contributed by atoms with Crippen LogP contribution < -0.4 is 11.1 Å². The zero-order valence-electron chi connectivity index (χ0n) is 13.2. The van der Waals surface area contributed by atoms with E-state index in [4.69, 9.17) is 5.73 Å². The predicted molar refractivity (Wildman–Crippen MR) is 93.1 cm³/mol. The number of nitrogens with two attached hydrogens (primary N) is 1. The van der Waals surface area contributed by atoms with Gasteiger partial charge in [0.1, 0.15) is 0 Å². The third-order valence-corrected chi connectivity index (χ3v) is 4.67. The van der Waals surface area contributed by atoms with E-state index < -0.39 is 0 Å². The van der Waals surface area contributed by atoms with Gasteiger partial charge in [0.05, 0.1) is 0 Å². The first-order chi connectivity index (χ1) is 10.6. The van der Waals surface area contributed by atoms with E-state index in [1.807, 2.05) is 11.4 Å². The number of rotatable bonds is 7. The SMILES string of the molecule is CC(C)c1ccc(C(N)CNC(=O)CCc2cccs2)cc1. The van der Waals surface area contributed by atoms with Gasteiger partial charge in [0.15, 0.2) is 0 Å². The van der Waals surface area contributed by atoms with Crippen LogP contribution in [-0.4, -0.2) is 12.5 Å². The molecule has 3 N–H and O–H groups in total. The minimum atomic E-state index is -0.160. The molecule has 1 aromatic carbocycles. The van der Waals surface area contributed by atoms with E-state index in [9.17, 15) is 4.79 Å². The lowest BCUT2D eigenvalue weighted by Gasteiger charge is -2.14. The van der Waals surface area contributed by atoms with E-state index in [1.54, 1.807) is 11.3 Å². The van der Waals surface area contributed by atoms with E-state index in [2.05, 4.69) is 49.5 Å². The molecule has 0 radical (unpaired) electrons. The molecule has 2 rings (SSSR count). The van der Waals surface area contributed by atoms with E-state index >= 15 is 0 Å². The van der Waals surface area contributed by atoms with Crippen LogP contribution in [0.1, 0.15) is 48.2 Å². The monoisotopic (exact) mass is 316 g/mol. The highest BCUT2D eigenvalue weighted by molar-refractivity contribution is 7.09. The van der Waals surface area contributed by atoms with E-state index in [-0.39, 0.29) is 11.9 Å². The molecule has 1 heterocycles. The van der Waals surface area contributed by atoms with Gasteiger partial charge in [-0.1, -0.05) is 44.2 Å². The molecule has 0 aliphatic heterocycles. The van der Waals surface area contributed by atoms with Crippen LogP contribution in [0.3, 0.4) is 0 Å². The molecule has 1 aromatic heterocycles. The molecule has 3 nitrogen and oxygen atoms in total. The quantitative estimate of drug-likeness (QED) is 0.819. The fourth-order valence-electron chi connectivity index (χ4n) is 2.25. The summed E-state index contributed by atoms with van der Waals surface area (Å²) in [7, 11) is 0. The van der Waals surface area contributed by atoms with Crippen LogP contribution in [0.15, 0.2) is 41.8 Å². The van der Waals surface area contributed by atoms with Crippen molar-refractivity contribution in [2.24, 2.45) is 5.73 Å². The summed E-state index contributed by atoms with van der Waals surface area (Å²) in [6.45, 7) is 4.82. The Morgan fingerprint density at radius 3 is 2.45 bits per heavy atom. The standard InChI is InChI=1S/C18H24N2OS/c1-13(2)14-5-7-15(8-6-14)17(19)12-20-18(21)10-9-16-4-3-11-22-16/h3-8,11,13,17H,9-10,12,19H2,1-2H3,(H,20,21). The Hall–Kier alpha value is -1.65. The largest absolute Gasteiger partial charge is 0.354 e. The van der Waals surface area contributed by atoms with Crippen molar-refractivity contribution in [2.75, 3.05) is 6.54 Å². The van der Waals surface area contributed by atoms with Crippen molar-refractivity contribution in [3.8, 4) is 0 Å². The van der Waals surface area contributed by atoms with Gasteiger partial charge >= 0.3 is 0 Å². The lowest BCUT2D eigenvalue weighted by Crippen LogP contribution is -2.32. The van der Waals surface area contributed by atoms with Crippen molar-refractivity contribution in [2.45, 2.75) is 38.6 Å². The van der Waals surface area contributed by atoms with E-state index in [1.165, 1.54) is 10.4 Å². The van der Waals surface area contributed by atoms with Gasteiger partial charge in [-0.15, -0.1) is 11.3 Å². The van der Waals surface area contributed by atoms with Crippen LogP contribution in [0, 0.1) is 0 Å². The normalized spacial score (nSPS) is 12.4. The van der Waals surface area contributed by atoms with Crippen molar-refractivity contribution in [1.82, 2.24) is 5.32 Å². The van der Waals surface area contributed by atoms with Crippen LogP contribution in [0.2, 0.25) is 0 Å². The Kier molecular flexibility index (Phi) is 6.16. The van der Waals surface area contributed by atoms with Crippen LogP contribution >= 0.6 is 11.3 Å². The molecule has 4 heteroatoms. The summed E-state index contributed by atoms with van der Waals surface area (Å²) < 4.78 is 0. The van der Waals surface area contributed by atoms with Crippen LogP contribution in [0.5, 0.6) is 0 Å². The topological polar surface area (TPSA) is 55.1 Å².